The summed E-state index contributed by atoms with van der Waals surface area (Å²) in [4.78, 5) is 16.0. The van der Waals surface area contributed by atoms with Gasteiger partial charge in [-0.05, 0) is 48.7 Å². The molecule has 0 saturated heterocycles. The number of thiophene rings is 1. The Hall–Kier alpha value is -2.83. The van der Waals surface area contributed by atoms with Crippen molar-refractivity contribution in [2.45, 2.75) is 19.5 Å². The maximum Gasteiger partial charge on any atom is 0.234 e. The Labute approximate surface area is 181 Å². The molecule has 0 bridgehead atoms. The summed E-state index contributed by atoms with van der Waals surface area (Å²) in [5.41, 5.74) is 3.38. The van der Waals surface area contributed by atoms with Crippen LogP contribution in [0.3, 0.4) is 0 Å². The Morgan fingerprint density at radius 3 is 2.60 bits per heavy atom. The van der Waals surface area contributed by atoms with Crippen molar-refractivity contribution in [2.24, 2.45) is 0 Å². The second kappa shape index (κ2) is 9.32. The summed E-state index contributed by atoms with van der Waals surface area (Å²) in [6, 6.07) is 18.2. The molecule has 2 aromatic carbocycles. The molecule has 1 aliphatic rings. The fraction of sp³-hybridized carbons (Fsp3) is 0.292. The van der Waals surface area contributed by atoms with Crippen LogP contribution >= 0.6 is 11.3 Å². The van der Waals surface area contributed by atoms with Crippen molar-refractivity contribution in [3.63, 3.8) is 0 Å². The minimum absolute atomic E-state index is 0.00554. The molecule has 5 nitrogen and oxygen atoms in total. The Bertz CT molecular complexity index is 986. The molecule has 0 aliphatic carbocycles. The molecular formula is C24H26N2O3S. The first-order valence-electron chi connectivity index (χ1n) is 10.0. The Morgan fingerprint density at radius 1 is 1.10 bits per heavy atom. The topological polar surface area (TPSA) is 50.8 Å². The van der Waals surface area contributed by atoms with E-state index in [0.29, 0.717) is 26.3 Å². The Balaban J connectivity index is 1.40. The molecule has 0 spiro atoms. The molecule has 1 atom stereocenters. The lowest BCUT2D eigenvalue weighted by atomic mass is 10.0. The molecule has 30 heavy (non-hydrogen) atoms. The summed E-state index contributed by atoms with van der Waals surface area (Å²) in [6.45, 7) is 4.17. The summed E-state index contributed by atoms with van der Waals surface area (Å²) >= 11 is 1.65. The number of hydrogen-bond acceptors (Lipinski definition) is 5. The van der Waals surface area contributed by atoms with E-state index in [9.17, 15) is 4.79 Å². The van der Waals surface area contributed by atoms with Crippen LogP contribution in [-0.4, -0.2) is 37.6 Å². The summed E-state index contributed by atoms with van der Waals surface area (Å²) < 4.78 is 11.2. The third-order valence-electron chi connectivity index (χ3n) is 5.02. The quantitative estimate of drug-likeness (QED) is 0.621. The van der Waals surface area contributed by atoms with E-state index in [1.54, 1.807) is 11.3 Å². The lowest BCUT2D eigenvalue weighted by molar-refractivity contribution is -0.122. The molecule has 1 aliphatic heterocycles. The fourth-order valence-electron chi connectivity index (χ4n) is 3.54. The van der Waals surface area contributed by atoms with Crippen LogP contribution in [0.15, 0.2) is 60.0 Å². The first kappa shape index (κ1) is 20.4. The number of carbonyl (C=O) groups excluding carboxylic acids is 1. The fourth-order valence-corrected chi connectivity index (χ4v) is 4.34. The van der Waals surface area contributed by atoms with Gasteiger partial charge in [0.2, 0.25) is 5.91 Å². The van der Waals surface area contributed by atoms with Gasteiger partial charge in [0.1, 0.15) is 13.2 Å². The molecule has 1 amide bonds. The number of hydrogen-bond donors (Lipinski definition) is 1. The second-order valence-electron chi connectivity index (χ2n) is 7.58. The highest BCUT2D eigenvalue weighted by Gasteiger charge is 2.19. The maximum atomic E-state index is 12.8. The minimum atomic E-state index is -0.138. The normalized spacial score (nSPS) is 13.8. The van der Waals surface area contributed by atoms with Crippen molar-refractivity contribution >= 4 is 17.2 Å². The highest BCUT2D eigenvalue weighted by Crippen LogP contribution is 2.31. The van der Waals surface area contributed by atoms with Crippen molar-refractivity contribution < 1.29 is 14.3 Å². The van der Waals surface area contributed by atoms with Gasteiger partial charge in [0.05, 0.1) is 12.6 Å². The lowest BCUT2D eigenvalue weighted by Gasteiger charge is -2.22. The predicted molar refractivity (Wildman–Crippen MR) is 119 cm³/mol. The first-order valence-corrected chi connectivity index (χ1v) is 10.9. The summed E-state index contributed by atoms with van der Waals surface area (Å²) in [7, 11) is 1.95. The molecule has 0 fully saturated rings. The Morgan fingerprint density at radius 2 is 1.87 bits per heavy atom. The van der Waals surface area contributed by atoms with Crippen LogP contribution in [0.5, 0.6) is 11.5 Å². The number of likely N-dealkylation sites (N-methyl/N-ethyl adjacent to an activating group) is 1. The van der Waals surface area contributed by atoms with Crippen LogP contribution in [0.2, 0.25) is 0 Å². The smallest absolute Gasteiger partial charge is 0.234 e. The number of nitrogens with zero attached hydrogens (tertiary/aromatic N) is 1. The molecule has 1 unspecified atom stereocenters. The van der Waals surface area contributed by atoms with Gasteiger partial charge in [-0.1, -0.05) is 42.0 Å². The van der Waals surface area contributed by atoms with E-state index >= 15 is 0 Å². The van der Waals surface area contributed by atoms with Gasteiger partial charge < -0.3 is 14.8 Å². The number of nitrogens with one attached hydrogen (secondary N) is 1. The average Bonchev–Trinajstić information content (AvgIpc) is 3.27. The first-order chi connectivity index (χ1) is 14.6. The standard InChI is InChI=1S/C24H26N2O3S/c1-17-5-8-19(9-6-17)24(22-4-3-13-30-22)25-23(27)16-26(2)15-18-7-10-20-21(14-18)29-12-11-28-20/h3-10,13-14,24H,11-12,15-16H2,1-2H3,(H,25,27). The molecule has 2 heterocycles. The summed E-state index contributed by atoms with van der Waals surface area (Å²) in [6.07, 6.45) is 0. The van der Waals surface area contributed by atoms with Crippen LogP contribution in [-0.2, 0) is 11.3 Å². The van der Waals surface area contributed by atoms with Crippen molar-refractivity contribution in [1.82, 2.24) is 10.2 Å². The van der Waals surface area contributed by atoms with Crippen LogP contribution in [0.25, 0.3) is 0 Å². The zero-order valence-electron chi connectivity index (χ0n) is 17.3. The van der Waals surface area contributed by atoms with Gasteiger partial charge in [-0.3, -0.25) is 9.69 Å². The molecule has 6 heteroatoms. The minimum Gasteiger partial charge on any atom is -0.486 e. The van der Waals surface area contributed by atoms with Gasteiger partial charge in [0.25, 0.3) is 0 Å². The number of ether oxygens (including phenoxy) is 2. The van der Waals surface area contributed by atoms with E-state index in [4.69, 9.17) is 9.47 Å². The molecule has 0 saturated carbocycles. The van der Waals surface area contributed by atoms with E-state index in [1.807, 2.05) is 41.6 Å². The van der Waals surface area contributed by atoms with Crippen LogP contribution in [0.4, 0.5) is 0 Å². The third kappa shape index (κ3) is 5.01. The number of rotatable bonds is 7. The van der Waals surface area contributed by atoms with E-state index < -0.39 is 0 Å². The van der Waals surface area contributed by atoms with E-state index in [1.165, 1.54) is 5.56 Å². The number of aryl methyl sites for hydroxylation is 1. The highest BCUT2D eigenvalue weighted by molar-refractivity contribution is 7.10. The van der Waals surface area contributed by atoms with E-state index in [0.717, 1.165) is 27.5 Å². The van der Waals surface area contributed by atoms with Crippen molar-refractivity contribution in [3.8, 4) is 11.5 Å². The number of benzene rings is 2. The van der Waals surface area contributed by atoms with Gasteiger partial charge in [-0.15, -0.1) is 11.3 Å². The zero-order chi connectivity index (χ0) is 20.9. The monoisotopic (exact) mass is 422 g/mol. The average molecular weight is 423 g/mol. The van der Waals surface area contributed by atoms with Gasteiger partial charge in [0.15, 0.2) is 11.5 Å². The van der Waals surface area contributed by atoms with Crippen LogP contribution in [0, 0.1) is 6.92 Å². The van der Waals surface area contributed by atoms with Crippen LogP contribution < -0.4 is 14.8 Å². The van der Waals surface area contributed by atoms with E-state index in [2.05, 4.69) is 42.6 Å². The number of fused-ring (bicyclic) bond motifs is 1. The SMILES string of the molecule is Cc1ccc(C(NC(=O)CN(C)Cc2ccc3c(c2)OCCO3)c2cccs2)cc1. The van der Waals surface area contributed by atoms with Crippen LogP contribution in [0.1, 0.15) is 27.6 Å². The highest BCUT2D eigenvalue weighted by atomic mass is 32.1. The largest absolute Gasteiger partial charge is 0.486 e. The molecule has 4 rings (SSSR count). The van der Waals surface area contributed by atoms with Crippen molar-refractivity contribution in [2.75, 3.05) is 26.8 Å². The number of amides is 1. The van der Waals surface area contributed by atoms with E-state index in [-0.39, 0.29) is 11.9 Å². The number of carbonyl (C=O) groups is 1. The molecule has 156 valence electrons. The molecule has 1 N–H and O–H groups in total. The molecular weight excluding hydrogens is 396 g/mol. The second-order valence-corrected chi connectivity index (χ2v) is 8.56. The van der Waals surface area contributed by atoms with Gasteiger partial charge in [-0.25, -0.2) is 0 Å². The van der Waals surface area contributed by atoms with Gasteiger partial charge >= 0.3 is 0 Å². The summed E-state index contributed by atoms with van der Waals surface area (Å²) in [5.74, 6) is 1.55. The van der Waals surface area contributed by atoms with Crippen molar-refractivity contribution in [1.29, 1.82) is 0 Å². The third-order valence-corrected chi connectivity index (χ3v) is 5.95. The summed E-state index contributed by atoms with van der Waals surface area (Å²) in [5, 5.41) is 5.25. The Kier molecular flexibility index (Phi) is 6.35. The predicted octanol–water partition coefficient (Wildman–Crippen LogP) is 4.17. The van der Waals surface area contributed by atoms with Gasteiger partial charge in [-0.2, -0.15) is 0 Å². The maximum absolute atomic E-state index is 12.8. The molecule has 0 radical (unpaired) electrons. The van der Waals surface area contributed by atoms with Crippen molar-refractivity contribution in [3.05, 3.63) is 81.5 Å². The molecule has 1 aromatic heterocycles. The lowest BCUT2D eigenvalue weighted by Crippen LogP contribution is -2.37. The molecule has 3 aromatic rings. The van der Waals surface area contributed by atoms with Gasteiger partial charge in [0, 0.05) is 11.4 Å². The zero-order valence-corrected chi connectivity index (χ0v) is 18.1.